The maximum Gasteiger partial charge on any atom is 0.255 e. The second-order valence-electron chi connectivity index (χ2n) is 6.33. The third kappa shape index (κ3) is 5.59. The van der Waals surface area contributed by atoms with E-state index in [9.17, 15) is 9.90 Å². The number of hydrogen-bond donors (Lipinski definition) is 3. The molecule has 0 unspecified atom stereocenters. The first kappa shape index (κ1) is 19.5. The fraction of sp³-hybridized carbons (Fsp3) is 0.174. The molecular formula is C23H24N2O3. The van der Waals surface area contributed by atoms with Crippen molar-refractivity contribution in [3.8, 4) is 11.5 Å². The van der Waals surface area contributed by atoms with Gasteiger partial charge in [0.25, 0.3) is 5.91 Å². The Bertz CT molecular complexity index is 897. The zero-order valence-corrected chi connectivity index (χ0v) is 15.6. The summed E-state index contributed by atoms with van der Waals surface area (Å²) in [6.45, 7) is 2.01. The molecular weight excluding hydrogens is 352 g/mol. The molecule has 0 heterocycles. The first-order chi connectivity index (χ1) is 13.7. The van der Waals surface area contributed by atoms with Gasteiger partial charge in [-0.15, -0.1) is 0 Å². The lowest BCUT2D eigenvalue weighted by atomic mass is 10.2. The Morgan fingerprint density at radius 2 is 1.57 bits per heavy atom. The topological polar surface area (TPSA) is 70.6 Å². The van der Waals surface area contributed by atoms with Gasteiger partial charge in [-0.05, 0) is 23.8 Å². The molecule has 0 aromatic heterocycles. The molecule has 3 rings (SSSR count). The van der Waals surface area contributed by atoms with Gasteiger partial charge in [0, 0.05) is 25.2 Å². The van der Waals surface area contributed by atoms with Gasteiger partial charge in [-0.2, -0.15) is 0 Å². The van der Waals surface area contributed by atoms with Crippen molar-refractivity contribution in [3.63, 3.8) is 0 Å². The molecule has 0 saturated heterocycles. The third-order valence-electron chi connectivity index (χ3n) is 4.26. The van der Waals surface area contributed by atoms with Crippen LogP contribution in [-0.4, -0.2) is 24.1 Å². The van der Waals surface area contributed by atoms with Crippen molar-refractivity contribution < 1.29 is 14.6 Å². The molecule has 0 aliphatic rings. The van der Waals surface area contributed by atoms with Crippen LogP contribution in [0.1, 0.15) is 21.5 Å². The van der Waals surface area contributed by atoms with Crippen molar-refractivity contribution in [1.29, 1.82) is 0 Å². The normalized spacial score (nSPS) is 10.4. The molecule has 0 atom stereocenters. The van der Waals surface area contributed by atoms with Crippen LogP contribution in [0.4, 0.5) is 0 Å². The van der Waals surface area contributed by atoms with Crippen LogP contribution in [0.5, 0.6) is 11.5 Å². The number of ether oxygens (including phenoxy) is 1. The minimum Gasteiger partial charge on any atom is -0.508 e. The zero-order chi connectivity index (χ0) is 19.6. The third-order valence-corrected chi connectivity index (χ3v) is 4.26. The minimum atomic E-state index is -0.173. The molecule has 3 N–H and O–H groups in total. The molecule has 0 aliphatic heterocycles. The second kappa shape index (κ2) is 10.1. The van der Waals surface area contributed by atoms with E-state index in [0.717, 1.165) is 11.1 Å². The van der Waals surface area contributed by atoms with Crippen LogP contribution in [0.15, 0.2) is 78.9 Å². The first-order valence-electron chi connectivity index (χ1n) is 9.25. The van der Waals surface area contributed by atoms with Crippen molar-refractivity contribution in [2.24, 2.45) is 0 Å². The molecule has 0 radical (unpaired) electrons. The molecule has 5 nitrogen and oxygen atoms in total. The number of carbonyl (C=O) groups is 1. The molecule has 144 valence electrons. The molecule has 1 amide bonds. The lowest BCUT2D eigenvalue weighted by Gasteiger charge is -2.12. The number of nitrogens with one attached hydrogen (secondary N) is 2. The fourth-order valence-electron chi connectivity index (χ4n) is 2.76. The summed E-state index contributed by atoms with van der Waals surface area (Å²) in [5.74, 6) is 0.655. The molecule has 0 fully saturated rings. The van der Waals surface area contributed by atoms with Crippen molar-refractivity contribution in [2.75, 3.05) is 13.1 Å². The monoisotopic (exact) mass is 376 g/mol. The van der Waals surface area contributed by atoms with E-state index >= 15 is 0 Å². The molecule has 3 aromatic carbocycles. The van der Waals surface area contributed by atoms with Crippen LogP contribution >= 0.6 is 0 Å². The van der Waals surface area contributed by atoms with Crippen molar-refractivity contribution >= 4 is 5.91 Å². The summed E-state index contributed by atoms with van der Waals surface area (Å²) in [7, 11) is 0. The highest BCUT2D eigenvalue weighted by Crippen LogP contribution is 2.19. The van der Waals surface area contributed by atoms with Gasteiger partial charge < -0.3 is 20.5 Å². The largest absolute Gasteiger partial charge is 0.508 e. The highest BCUT2D eigenvalue weighted by atomic mass is 16.5. The molecule has 0 saturated carbocycles. The lowest BCUT2D eigenvalue weighted by molar-refractivity contribution is 0.0949. The number of hydrogen-bond acceptors (Lipinski definition) is 4. The van der Waals surface area contributed by atoms with Crippen LogP contribution in [0.25, 0.3) is 0 Å². The Morgan fingerprint density at radius 1 is 0.857 bits per heavy atom. The number of benzene rings is 3. The van der Waals surface area contributed by atoms with Gasteiger partial charge in [0.05, 0.1) is 5.56 Å². The Morgan fingerprint density at radius 3 is 2.39 bits per heavy atom. The Labute approximate surface area is 165 Å². The van der Waals surface area contributed by atoms with Gasteiger partial charge in [-0.3, -0.25) is 4.79 Å². The predicted molar refractivity (Wildman–Crippen MR) is 109 cm³/mol. The Balaban J connectivity index is 1.47. The van der Waals surface area contributed by atoms with Crippen LogP contribution in [0.3, 0.4) is 0 Å². The number of phenols is 1. The smallest absolute Gasteiger partial charge is 0.255 e. The average Bonchev–Trinajstić information content (AvgIpc) is 2.74. The molecule has 0 spiro atoms. The first-order valence-corrected chi connectivity index (χ1v) is 9.25. The molecule has 3 aromatic rings. The van der Waals surface area contributed by atoms with Crippen molar-refractivity contribution in [2.45, 2.75) is 13.2 Å². The maximum atomic E-state index is 12.5. The number of aromatic hydroxyl groups is 1. The molecule has 28 heavy (non-hydrogen) atoms. The fourth-order valence-corrected chi connectivity index (χ4v) is 2.76. The zero-order valence-electron chi connectivity index (χ0n) is 15.6. The Hall–Kier alpha value is -3.31. The summed E-state index contributed by atoms with van der Waals surface area (Å²) in [5.41, 5.74) is 2.39. The summed E-state index contributed by atoms with van der Waals surface area (Å²) in [5, 5.41) is 15.8. The standard InChI is InChI=1S/C23H24N2O3/c26-21-12-6-4-10-19(21)16-24-14-15-25-23(27)20-11-5-7-13-22(20)28-17-18-8-2-1-3-9-18/h1-13,24,26H,14-17H2,(H,25,27). The average molecular weight is 376 g/mol. The maximum absolute atomic E-state index is 12.5. The van der Waals surface area contributed by atoms with E-state index < -0.39 is 0 Å². The number of para-hydroxylation sites is 2. The van der Waals surface area contributed by atoms with Gasteiger partial charge in [-0.25, -0.2) is 0 Å². The predicted octanol–water partition coefficient (Wildman–Crippen LogP) is 3.49. The quantitative estimate of drug-likeness (QED) is 0.500. The van der Waals surface area contributed by atoms with Crippen LogP contribution in [-0.2, 0) is 13.2 Å². The number of carbonyl (C=O) groups excluding carboxylic acids is 1. The van der Waals surface area contributed by atoms with E-state index in [4.69, 9.17) is 4.74 Å². The van der Waals surface area contributed by atoms with E-state index in [1.165, 1.54) is 0 Å². The molecule has 5 heteroatoms. The van der Waals surface area contributed by atoms with E-state index in [-0.39, 0.29) is 11.7 Å². The summed E-state index contributed by atoms with van der Waals surface area (Å²) in [4.78, 5) is 12.5. The number of amides is 1. The minimum absolute atomic E-state index is 0.173. The molecule has 0 aliphatic carbocycles. The van der Waals surface area contributed by atoms with E-state index in [0.29, 0.717) is 37.6 Å². The number of rotatable bonds is 9. The van der Waals surface area contributed by atoms with E-state index in [1.54, 1.807) is 24.3 Å². The van der Waals surface area contributed by atoms with Gasteiger partial charge in [-0.1, -0.05) is 60.7 Å². The summed E-state index contributed by atoms with van der Waals surface area (Å²) in [6.07, 6.45) is 0. The van der Waals surface area contributed by atoms with Gasteiger partial charge in [0.15, 0.2) is 0 Å². The van der Waals surface area contributed by atoms with E-state index in [2.05, 4.69) is 10.6 Å². The van der Waals surface area contributed by atoms with Crippen molar-refractivity contribution in [3.05, 3.63) is 95.6 Å². The summed E-state index contributed by atoms with van der Waals surface area (Å²) >= 11 is 0. The Kier molecular flexibility index (Phi) is 7.04. The van der Waals surface area contributed by atoms with E-state index in [1.807, 2.05) is 54.6 Å². The SMILES string of the molecule is O=C(NCCNCc1ccccc1O)c1ccccc1OCc1ccccc1. The highest BCUT2D eigenvalue weighted by Gasteiger charge is 2.11. The van der Waals surface area contributed by atoms with Gasteiger partial charge in [0.2, 0.25) is 0 Å². The lowest BCUT2D eigenvalue weighted by Crippen LogP contribution is -2.31. The summed E-state index contributed by atoms with van der Waals surface area (Å²) in [6, 6.07) is 24.3. The van der Waals surface area contributed by atoms with Crippen LogP contribution in [0, 0.1) is 0 Å². The van der Waals surface area contributed by atoms with Gasteiger partial charge in [0.1, 0.15) is 18.1 Å². The second-order valence-corrected chi connectivity index (χ2v) is 6.33. The van der Waals surface area contributed by atoms with Gasteiger partial charge >= 0.3 is 0 Å². The molecule has 0 bridgehead atoms. The summed E-state index contributed by atoms with van der Waals surface area (Å²) < 4.78 is 5.84. The highest BCUT2D eigenvalue weighted by molar-refractivity contribution is 5.96. The van der Waals surface area contributed by atoms with Crippen molar-refractivity contribution in [1.82, 2.24) is 10.6 Å². The van der Waals surface area contributed by atoms with Crippen LogP contribution < -0.4 is 15.4 Å². The number of phenolic OH excluding ortho intramolecular Hbond substituents is 1. The van der Waals surface area contributed by atoms with Crippen LogP contribution in [0.2, 0.25) is 0 Å².